The molecular weight excluding hydrogens is 314 g/mol. The van der Waals surface area contributed by atoms with Gasteiger partial charge in [-0.1, -0.05) is 30.3 Å². The maximum Gasteiger partial charge on any atom is 0.287 e. The molecule has 1 N–H and O–H groups in total. The number of carbonyl (C=O) groups excluding carboxylic acids is 1. The number of nitrogens with one attached hydrogen (secondary N) is 1. The first-order chi connectivity index (χ1) is 11.9. The van der Waals surface area contributed by atoms with Crippen molar-refractivity contribution < 1.29 is 13.9 Å². The lowest BCUT2D eigenvalue weighted by atomic mass is 9.89. The van der Waals surface area contributed by atoms with Crippen molar-refractivity contribution in [3.63, 3.8) is 0 Å². The zero-order valence-corrected chi connectivity index (χ0v) is 14.6. The van der Waals surface area contributed by atoms with Gasteiger partial charge in [-0.2, -0.15) is 0 Å². The van der Waals surface area contributed by atoms with E-state index in [-0.39, 0.29) is 17.6 Å². The first-order valence-electron chi connectivity index (χ1n) is 8.50. The molecule has 0 saturated heterocycles. The third kappa shape index (κ3) is 3.00. The van der Waals surface area contributed by atoms with E-state index in [0.717, 1.165) is 27.8 Å². The molecule has 0 spiro atoms. The van der Waals surface area contributed by atoms with Gasteiger partial charge in [0.05, 0.1) is 6.04 Å². The van der Waals surface area contributed by atoms with Gasteiger partial charge in [-0.3, -0.25) is 4.79 Å². The number of para-hydroxylation sites is 1. The summed E-state index contributed by atoms with van der Waals surface area (Å²) in [7, 11) is 0. The third-order valence-corrected chi connectivity index (χ3v) is 4.58. The van der Waals surface area contributed by atoms with Crippen molar-refractivity contribution in [3.05, 3.63) is 65.4 Å². The minimum Gasteiger partial charge on any atom is -0.487 e. The van der Waals surface area contributed by atoms with E-state index < -0.39 is 0 Å². The van der Waals surface area contributed by atoms with Gasteiger partial charge in [0.25, 0.3) is 5.91 Å². The summed E-state index contributed by atoms with van der Waals surface area (Å²) < 4.78 is 11.8. The van der Waals surface area contributed by atoms with Crippen molar-refractivity contribution in [2.24, 2.45) is 0 Å². The van der Waals surface area contributed by atoms with Gasteiger partial charge in [0.2, 0.25) is 0 Å². The van der Waals surface area contributed by atoms with Gasteiger partial charge in [-0.05, 0) is 44.5 Å². The standard InChI is InChI=1S/C21H21NO3/c1-13-8-9-15-16(12-21(2,3)25-18(15)10-13)22-20(23)19-11-14-6-4-5-7-17(14)24-19/h4-11,16H,12H2,1-3H3,(H,22,23)/t16-/m1/s1. The van der Waals surface area contributed by atoms with E-state index in [9.17, 15) is 4.79 Å². The Balaban J connectivity index is 1.64. The van der Waals surface area contributed by atoms with Gasteiger partial charge < -0.3 is 14.5 Å². The zero-order chi connectivity index (χ0) is 17.6. The molecular formula is C21H21NO3. The van der Waals surface area contributed by atoms with Crippen LogP contribution in [0.5, 0.6) is 5.75 Å². The van der Waals surface area contributed by atoms with E-state index in [1.54, 1.807) is 6.07 Å². The molecule has 1 aliphatic heterocycles. The number of furan rings is 1. The fraction of sp³-hybridized carbons (Fsp3) is 0.286. The maximum absolute atomic E-state index is 12.7. The van der Waals surface area contributed by atoms with Crippen LogP contribution >= 0.6 is 0 Å². The molecule has 0 aliphatic carbocycles. The summed E-state index contributed by atoms with van der Waals surface area (Å²) in [6.45, 7) is 6.12. The van der Waals surface area contributed by atoms with E-state index in [1.807, 2.05) is 63.2 Å². The second kappa shape index (κ2) is 5.66. The first kappa shape index (κ1) is 15.8. The Morgan fingerprint density at radius 3 is 2.76 bits per heavy atom. The Labute approximate surface area is 146 Å². The van der Waals surface area contributed by atoms with Gasteiger partial charge in [0, 0.05) is 17.4 Å². The van der Waals surface area contributed by atoms with Crippen molar-refractivity contribution in [2.45, 2.75) is 38.8 Å². The van der Waals surface area contributed by atoms with Gasteiger partial charge in [0.15, 0.2) is 5.76 Å². The molecule has 25 heavy (non-hydrogen) atoms. The highest BCUT2D eigenvalue weighted by molar-refractivity contribution is 5.96. The lowest BCUT2D eigenvalue weighted by Crippen LogP contribution is -2.41. The summed E-state index contributed by atoms with van der Waals surface area (Å²) in [5.41, 5.74) is 2.52. The average molecular weight is 335 g/mol. The minimum atomic E-state index is -0.341. The summed E-state index contributed by atoms with van der Waals surface area (Å²) in [4.78, 5) is 12.7. The smallest absolute Gasteiger partial charge is 0.287 e. The fourth-order valence-corrected chi connectivity index (χ4v) is 3.41. The van der Waals surface area contributed by atoms with Crippen LogP contribution in [0.4, 0.5) is 0 Å². The summed E-state index contributed by atoms with van der Waals surface area (Å²) >= 11 is 0. The fourth-order valence-electron chi connectivity index (χ4n) is 3.41. The zero-order valence-electron chi connectivity index (χ0n) is 14.6. The molecule has 2 aromatic carbocycles. The SMILES string of the molecule is Cc1ccc2c(c1)OC(C)(C)C[C@H]2NC(=O)c1cc2ccccc2o1. The summed E-state index contributed by atoms with van der Waals surface area (Å²) in [5, 5.41) is 4.04. The van der Waals surface area contributed by atoms with Crippen LogP contribution in [-0.2, 0) is 0 Å². The Morgan fingerprint density at radius 2 is 1.96 bits per heavy atom. The van der Waals surface area contributed by atoms with Gasteiger partial charge in [-0.25, -0.2) is 0 Å². The van der Waals surface area contributed by atoms with Crippen molar-refractivity contribution in [1.82, 2.24) is 5.32 Å². The van der Waals surface area contributed by atoms with E-state index in [1.165, 1.54) is 0 Å². The number of hydrogen-bond donors (Lipinski definition) is 1. The van der Waals surface area contributed by atoms with Crippen LogP contribution in [0.3, 0.4) is 0 Å². The summed E-state index contributed by atoms with van der Waals surface area (Å²) in [5.74, 6) is 0.968. The van der Waals surface area contributed by atoms with E-state index in [0.29, 0.717) is 12.2 Å². The van der Waals surface area contributed by atoms with Crippen LogP contribution in [-0.4, -0.2) is 11.5 Å². The average Bonchev–Trinajstić information content (AvgIpc) is 2.97. The number of rotatable bonds is 2. The van der Waals surface area contributed by atoms with E-state index >= 15 is 0 Å². The number of fused-ring (bicyclic) bond motifs is 2. The normalized spacial score (nSPS) is 18.4. The molecule has 3 aromatic rings. The molecule has 0 fully saturated rings. The number of hydrogen-bond acceptors (Lipinski definition) is 3. The van der Waals surface area contributed by atoms with Crippen molar-refractivity contribution in [2.75, 3.05) is 0 Å². The Kier molecular flexibility index (Phi) is 3.57. The minimum absolute atomic E-state index is 0.111. The van der Waals surface area contributed by atoms with Crippen LogP contribution in [0.25, 0.3) is 11.0 Å². The highest BCUT2D eigenvalue weighted by Crippen LogP contribution is 2.40. The van der Waals surface area contributed by atoms with Crippen LogP contribution in [0.2, 0.25) is 0 Å². The highest BCUT2D eigenvalue weighted by Gasteiger charge is 2.35. The molecule has 4 nitrogen and oxygen atoms in total. The molecule has 1 aliphatic rings. The number of benzene rings is 2. The number of amides is 1. The summed E-state index contributed by atoms with van der Waals surface area (Å²) in [6.07, 6.45) is 0.703. The quantitative estimate of drug-likeness (QED) is 0.733. The molecule has 4 heteroatoms. The maximum atomic E-state index is 12.7. The molecule has 0 saturated carbocycles. The largest absolute Gasteiger partial charge is 0.487 e. The summed E-state index contributed by atoms with van der Waals surface area (Å²) in [6, 6.07) is 15.4. The Hall–Kier alpha value is -2.75. The second-order valence-corrected chi connectivity index (χ2v) is 7.28. The molecule has 1 amide bonds. The molecule has 0 unspecified atom stereocenters. The number of ether oxygens (including phenoxy) is 1. The predicted octanol–water partition coefficient (Wildman–Crippen LogP) is 4.77. The Bertz CT molecular complexity index is 922. The Morgan fingerprint density at radius 1 is 1.16 bits per heavy atom. The molecule has 2 heterocycles. The van der Waals surface area contributed by atoms with Crippen LogP contribution < -0.4 is 10.1 Å². The lowest BCUT2D eigenvalue weighted by Gasteiger charge is -2.38. The second-order valence-electron chi connectivity index (χ2n) is 7.28. The first-order valence-corrected chi connectivity index (χ1v) is 8.50. The van der Waals surface area contributed by atoms with Gasteiger partial charge in [0.1, 0.15) is 16.9 Å². The van der Waals surface area contributed by atoms with Crippen molar-refractivity contribution in [3.8, 4) is 5.75 Å². The number of aryl methyl sites for hydroxylation is 1. The van der Waals surface area contributed by atoms with Crippen molar-refractivity contribution in [1.29, 1.82) is 0 Å². The van der Waals surface area contributed by atoms with E-state index in [4.69, 9.17) is 9.15 Å². The molecule has 1 atom stereocenters. The molecule has 4 rings (SSSR count). The lowest BCUT2D eigenvalue weighted by molar-refractivity contribution is 0.0611. The molecule has 0 bridgehead atoms. The topological polar surface area (TPSA) is 51.5 Å². The van der Waals surface area contributed by atoms with Gasteiger partial charge >= 0.3 is 0 Å². The third-order valence-electron chi connectivity index (χ3n) is 4.58. The predicted molar refractivity (Wildman–Crippen MR) is 96.9 cm³/mol. The highest BCUT2D eigenvalue weighted by atomic mass is 16.5. The van der Waals surface area contributed by atoms with Crippen LogP contribution in [0, 0.1) is 6.92 Å². The molecule has 1 aromatic heterocycles. The number of carbonyl (C=O) groups is 1. The monoisotopic (exact) mass is 335 g/mol. The van der Waals surface area contributed by atoms with Crippen LogP contribution in [0.1, 0.15) is 48.0 Å². The molecule has 128 valence electrons. The van der Waals surface area contributed by atoms with Gasteiger partial charge in [-0.15, -0.1) is 0 Å². The van der Waals surface area contributed by atoms with E-state index in [2.05, 4.69) is 5.32 Å². The molecule has 0 radical (unpaired) electrons. The van der Waals surface area contributed by atoms with Crippen LogP contribution in [0.15, 0.2) is 52.9 Å². The van der Waals surface area contributed by atoms with Crippen molar-refractivity contribution >= 4 is 16.9 Å².